The van der Waals surface area contributed by atoms with E-state index < -0.39 is 0 Å². The largest absolute Gasteiger partial charge is 0.431 e. The summed E-state index contributed by atoms with van der Waals surface area (Å²) in [6.45, 7) is 2.02. The normalized spacial score (nSPS) is 23.1. The highest BCUT2D eigenvalue weighted by Gasteiger charge is 2.36. The molecule has 0 aromatic heterocycles. The molecule has 1 heterocycles. The summed E-state index contributed by atoms with van der Waals surface area (Å²) in [7, 11) is 0. The molecule has 0 fully saturated rings. The smallest absolute Gasteiger partial charge is 0.311 e. The van der Waals surface area contributed by atoms with Crippen LogP contribution in [-0.4, -0.2) is 11.8 Å². The minimum atomic E-state index is -0.222. The van der Waals surface area contributed by atoms with Gasteiger partial charge < -0.3 is 4.74 Å². The van der Waals surface area contributed by atoms with Crippen LogP contribution in [0, 0.1) is 6.92 Å². The van der Waals surface area contributed by atoms with Crippen LogP contribution in [0.5, 0.6) is 0 Å². The Morgan fingerprint density at radius 1 is 1.21 bits per heavy atom. The van der Waals surface area contributed by atoms with Crippen molar-refractivity contribution in [3.05, 3.63) is 46.7 Å². The van der Waals surface area contributed by atoms with Crippen LogP contribution in [-0.2, 0) is 14.3 Å². The van der Waals surface area contributed by atoms with E-state index in [-0.39, 0.29) is 24.1 Å². The van der Waals surface area contributed by atoms with E-state index in [2.05, 4.69) is 6.07 Å². The van der Waals surface area contributed by atoms with Crippen molar-refractivity contribution in [2.75, 3.05) is 0 Å². The minimum absolute atomic E-state index is 0.121. The molecule has 1 atom stereocenters. The van der Waals surface area contributed by atoms with Crippen LogP contribution < -0.4 is 0 Å². The van der Waals surface area contributed by atoms with Gasteiger partial charge in [-0.05, 0) is 18.9 Å². The maximum absolute atomic E-state index is 12.2. The second kappa shape index (κ2) is 4.65. The minimum Gasteiger partial charge on any atom is -0.431 e. The number of allylic oxidation sites excluding steroid dienone is 2. The monoisotopic (exact) mass is 256 g/mol. The van der Waals surface area contributed by atoms with Crippen molar-refractivity contribution >= 4 is 11.8 Å². The van der Waals surface area contributed by atoms with E-state index in [0.717, 1.165) is 23.1 Å². The molecule has 0 radical (unpaired) electrons. The molecule has 2 aliphatic rings. The summed E-state index contributed by atoms with van der Waals surface area (Å²) in [4.78, 5) is 23.9. The number of ketones is 1. The highest BCUT2D eigenvalue weighted by molar-refractivity contribution is 6.00. The van der Waals surface area contributed by atoms with E-state index in [4.69, 9.17) is 4.74 Å². The van der Waals surface area contributed by atoms with Crippen LogP contribution in [0.2, 0.25) is 0 Å². The Morgan fingerprint density at radius 3 is 2.84 bits per heavy atom. The first-order valence-electron chi connectivity index (χ1n) is 6.68. The Morgan fingerprint density at radius 2 is 2.05 bits per heavy atom. The first-order chi connectivity index (χ1) is 9.15. The number of hydrogen-bond donors (Lipinski definition) is 0. The average molecular weight is 256 g/mol. The van der Waals surface area contributed by atoms with Gasteiger partial charge in [0, 0.05) is 24.3 Å². The van der Waals surface area contributed by atoms with E-state index >= 15 is 0 Å². The Hall–Kier alpha value is -1.90. The Balaban J connectivity index is 2.08. The Bertz CT molecular complexity index is 583. The maximum Gasteiger partial charge on any atom is 0.311 e. The van der Waals surface area contributed by atoms with Crippen molar-refractivity contribution in [3.8, 4) is 0 Å². The van der Waals surface area contributed by atoms with Gasteiger partial charge in [-0.15, -0.1) is 0 Å². The Kier molecular flexibility index (Phi) is 2.97. The summed E-state index contributed by atoms with van der Waals surface area (Å²) < 4.78 is 5.26. The van der Waals surface area contributed by atoms with Crippen molar-refractivity contribution in [2.45, 2.75) is 38.5 Å². The molecule has 0 bridgehead atoms. The van der Waals surface area contributed by atoms with Gasteiger partial charge in [-0.1, -0.05) is 29.8 Å². The first kappa shape index (κ1) is 12.2. The van der Waals surface area contributed by atoms with Crippen LogP contribution in [0.3, 0.4) is 0 Å². The highest BCUT2D eigenvalue weighted by atomic mass is 16.5. The van der Waals surface area contributed by atoms with Gasteiger partial charge in [0.15, 0.2) is 5.78 Å². The van der Waals surface area contributed by atoms with Crippen molar-refractivity contribution in [2.24, 2.45) is 0 Å². The lowest BCUT2D eigenvalue weighted by Crippen LogP contribution is -2.27. The second-order valence-electron chi connectivity index (χ2n) is 5.26. The molecule has 98 valence electrons. The van der Waals surface area contributed by atoms with Crippen LogP contribution in [0.25, 0.3) is 0 Å². The van der Waals surface area contributed by atoms with Gasteiger partial charge in [0.1, 0.15) is 5.76 Å². The van der Waals surface area contributed by atoms with E-state index in [1.54, 1.807) is 0 Å². The predicted octanol–water partition coefficient (Wildman–Crippen LogP) is 3.03. The highest BCUT2D eigenvalue weighted by Crippen LogP contribution is 2.40. The first-order valence-corrected chi connectivity index (χ1v) is 6.68. The third-order valence-corrected chi connectivity index (χ3v) is 3.81. The molecule has 19 heavy (non-hydrogen) atoms. The Labute approximate surface area is 112 Å². The third-order valence-electron chi connectivity index (χ3n) is 3.81. The van der Waals surface area contributed by atoms with Gasteiger partial charge in [0.25, 0.3) is 0 Å². The third kappa shape index (κ3) is 2.21. The summed E-state index contributed by atoms with van der Waals surface area (Å²) in [6.07, 6.45) is 2.33. The van der Waals surface area contributed by atoms with Gasteiger partial charge in [-0.2, -0.15) is 0 Å². The lowest BCUT2D eigenvalue weighted by atomic mass is 9.79. The molecule has 0 saturated heterocycles. The van der Waals surface area contributed by atoms with E-state index in [1.807, 2.05) is 25.1 Å². The molecule has 3 rings (SSSR count). The zero-order chi connectivity index (χ0) is 13.4. The summed E-state index contributed by atoms with van der Waals surface area (Å²) in [5, 5.41) is 0. The quantitative estimate of drug-likeness (QED) is 0.725. The molecule has 1 aliphatic heterocycles. The lowest BCUT2D eigenvalue weighted by Gasteiger charge is -2.30. The molecule has 3 nitrogen and oxygen atoms in total. The molecule has 0 amide bonds. The number of benzene rings is 1. The fourth-order valence-corrected chi connectivity index (χ4v) is 2.95. The van der Waals surface area contributed by atoms with Crippen LogP contribution >= 0.6 is 0 Å². The molecule has 1 unspecified atom stereocenters. The summed E-state index contributed by atoms with van der Waals surface area (Å²) in [5.74, 6) is 0.406. The lowest BCUT2D eigenvalue weighted by molar-refractivity contribution is -0.142. The zero-order valence-electron chi connectivity index (χ0n) is 10.9. The van der Waals surface area contributed by atoms with Crippen molar-refractivity contribution < 1.29 is 14.3 Å². The van der Waals surface area contributed by atoms with E-state index in [0.29, 0.717) is 18.6 Å². The van der Waals surface area contributed by atoms with Crippen molar-refractivity contribution in [1.82, 2.24) is 0 Å². The van der Waals surface area contributed by atoms with Crippen molar-refractivity contribution in [3.63, 3.8) is 0 Å². The molecular formula is C16H16O3. The zero-order valence-corrected chi connectivity index (χ0v) is 10.9. The molecule has 0 spiro atoms. The van der Waals surface area contributed by atoms with E-state index in [1.165, 1.54) is 0 Å². The number of aryl methyl sites for hydroxylation is 1. The SMILES string of the molecule is Cc1cccc(C2CC(=O)OC3=C2C(=O)CCC3)c1. The molecule has 1 aromatic carbocycles. The summed E-state index contributed by atoms with van der Waals surface area (Å²) in [6, 6.07) is 8.03. The van der Waals surface area contributed by atoms with Crippen LogP contribution in [0.4, 0.5) is 0 Å². The molecule has 1 aromatic rings. The second-order valence-corrected chi connectivity index (χ2v) is 5.26. The van der Waals surface area contributed by atoms with Gasteiger partial charge >= 0.3 is 5.97 Å². The number of ether oxygens (including phenoxy) is 1. The van der Waals surface area contributed by atoms with E-state index in [9.17, 15) is 9.59 Å². The van der Waals surface area contributed by atoms with Crippen molar-refractivity contribution in [1.29, 1.82) is 0 Å². The maximum atomic E-state index is 12.2. The molecule has 3 heteroatoms. The van der Waals surface area contributed by atoms with Crippen LogP contribution in [0.15, 0.2) is 35.6 Å². The molecule has 0 N–H and O–H groups in total. The number of Topliss-reactive ketones (excluding diaryl/α,β-unsaturated/α-hetero) is 1. The fraction of sp³-hybridized carbons (Fsp3) is 0.375. The molecule has 1 aliphatic carbocycles. The standard InChI is InChI=1S/C16H16O3/c1-10-4-2-5-11(8-10)12-9-15(18)19-14-7-3-6-13(17)16(12)14/h2,4-5,8,12H,3,6-7,9H2,1H3. The van der Waals surface area contributed by atoms with Crippen LogP contribution in [0.1, 0.15) is 42.7 Å². The van der Waals surface area contributed by atoms with Gasteiger partial charge in [-0.25, -0.2) is 0 Å². The van der Waals surface area contributed by atoms with Gasteiger partial charge in [-0.3, -0.25) is 9.59 Å². The average Bonchev–Trinajstić information content (AvgIpc) is 2.37. The number of hydrogen-bond acceptors (Lipinski definition) is 3. The topological polar surface area (TPSA) is 43.4 Å². The van der Waals surface area contributed by atoms with Gasteiger partial charge in [0.05, 0.1) is 6.42 Å². The number of rotatable bonds is 1. The predicted molar refractivity (Wildman–Crippen MR) is 70.5 cm³/mol. The van der Waals surface area contributed by atoms with Gasteiger partial charge in [0.2, 0.25) is 0 Å². The summed E-state index contributed by atoms with van der Waals surface area (Å²) in [5.41, 5.74) is 2.91. The summed E-state index contributed by atoms with van der Waals surface area (Å²) >= 11 is 0. The number of carbonyl (C=O) groups excluding carboxylic acids is 2. The number of carbonyl (C=O) groups is 2. The fourth-order valence-electron chi connectivity index (χ4n) is 2.95. The number of esters is 1. The molecule has 0 saturated carbocycles. The molecular weight excluding hydrogens is 240 g/mol.